The first-order valence-corrected chi connectivity index (χ1v) is 9.69. The predicted octanol–water partition coefficient (Wildman–Crippen LogP) is 1.94. The Morgan fingerprint density at radius 1 is 1.23 bits per heavy atom. The van der Waals surface area contributed by atoms with Crippen molar-refractivity contribution in [2.75, 3.05) is 13.1 Å². The van der Waals surface area contributed by atoms with Gasteiger partial charge in [-0.25, -0.2) is 0 Å². The Bertz CT molecular complexity index is 704. The molecule has 2 N–H and O–H groups in total. The standard InChI is InChI=1S/C19H28N6O/c1-2-25-18(22-23-19(25)14-10-15(20)11-14)13-24-8-5-16(6-9-24)26-17-4-3-7-21-12-17/h3-4,7,12,14-16H,2,5-6,8-11,13,20H2,1H3. The van der Waals surface area contributed by atoms with Gasteiger partial charge in [0.2, 0.25) is 0 Å². The molecule has 7 heteroatoms. The monoisotopic (exact) mass is 356 g/mol. The van der Waals surface area contributed by atoms with E-state index in [-0.39, 0.29) is 6.10 Å². The average molecular weight is 356 g/mol. The highest BCUT2D eigenvalue weighted by molar-refractivity contribution is 5.16. The van der Waals surface area contributed by atoms with Crippen molar-refractivity contribution >= 4 is 0 Å². The summed E-state index contributed by atoms with van der Waals surface area (Å²) >= 11 is 0. The maximum atomic E-state index is 6.03. The molecule has 2 aromatic rings. The Morgan fingerprint density at radius 3 is 2.69 bits per heavy atom. The van der Waals surface area contributed by atoms with Gasteiger partial charge in [0, 0.05) is 37.8 Å². The molecule has 140 valence electrons. The summed E-state index contributed by atoms with van der Waals surface area (Å²) in [4.78, 5) is 6.57. The fourth-order valence-electron chi connectivity index (χ4n) is 3.98. The summed E-state index contributed by atoms with van der Waals surface area (Å²) in [6.45, 7) is 5.99. The number of nitrogens with zero attached hydrogens (tertiary/aromatic N) is 5. The van der Waals surface area contributed by atoms with E-state index in [1.807, 2.05) is 12.1 Å². The third kappa shape index (κ3) is 3.73. The summed E-state index contributed by atoms with van der Waals surface area (Å²) in [5.74, 6) is 3.55. The Labute approximate surface area is 154 Å². The topological polar surface area (TPSA) is 82.1 Å². The SMILES string of the molecule is CCn1c(CN2CCC(Oc3cccnc3)CC2)nnc1C1CC(N)C1. The molecule has 0 atom stereocenters. The van der Waals surface area contributed by atoms with Crippen molar-refractivity contribution in [2.45, 2.75) is 63.8 Å². The van der Waals surface area contributed by atoms with Gasteiger partial charge >= 0.3 is 0 Å². The summed E-state index contributed by atoms with van der Waals surface area (Å²) in [6.07, 6.45) is 7.95. The van der Waals surface area contributed by atoms with Crippen molar-refractivity contribution in [1.82, 2.24) is 24.6 Å². The number of aromatic nitrogens is 4. The molecule has 0 unspecified atom stereocenters. The highest BCUT2D eigenvalue weighted by Crippen LogP contribution is 2.35. The molecule has 7 nitrogen and oxygen atoms in total. The minimum Gasteiger partial charge on any atom is -0.489 e. The lowest BCUT2D eigenvalue weighted by atomic mass is 9.80. The van der Waals surface area contributed by atoms with Crippen molar-refractivity contribution in [1.29, 1.82) is 0 Å². The van der Waals surface area contributed by atoms with E-state index in [9.17, 15) is 0 Å². The zero-order chi connectivity index (χ0) is 17.9. The van der Waals surface area contributed by atoms with Crippen LogP contribution in [-0.4, -0.2) is 49.9 Å². The van der Waals surface area contributed by atoms with E-state index in [1.54, 1.807) is 12.4 Å². The Balaban J connectivity index is 1.32. The fourth-order valence-corrected chi connectivity index (χ4v) is 3.98. The lowest BCUT2D eigenvalue weighted by molar-refractivity contribution is 0.0943. The third-order valence-electron chi connectivity index (χ3n) is 5.55. The van der Waals surface area contributed by atoms with Gasteiger partial charge in [-0.3, -0.25) is 9.88 Å². The summed E-state index contributed by atoms with van der Waals surface area (Å²) in [5, 5.41) is 8.97. The number of hydrogen-bond donors (Lipinski definition) is 1. The van der Waals surface area contributed by atoms with E-state index in [0.717, 1.165) is 69.3 Å². The Kier molecular flexibility index (Phi) is 5.17. The van der Waals surface area contributed by atoms with Gasteiger partial charge in [0.1, 0.15) is 23.5 Å². The van der Waals surface area contributed by atoms with E-state index in [1.165, 1.54) is 0 Å². The van der Waals surface area contributed by atoms with Gasteiger partial charge in [0.05, 0.1) is 12.7 Å². The molecule has 0 bridgehead atoms. The van der Waals surface area contributed by atoms with Gasteiger partial charge in [-0.1, -0.05) is 0 Å². The van der Waals surface area contributed by atoms with Crippen molar-refractivity contribution in [3.63, 3.8) is 0 Å². The molecule has 1 aliphatic heterocycles. The van der Waals surface area contributed by atoms with Crippen LogP contribution in [0.2, 0.25) is 0 Å². The molecule has 4 rings (SSSR count). The van der Waals surface area contributed by atoms with E-state index in [4.69, 9.17) is 10.5 Å². The average Bonchev–Trinajstić information content (AvgIpc) is 3.03. The molecule has 0 aromatic carbocycles. The molecular weight excluding hydrogens is 328 g/mol. The molecule has 0 spiro atoms. The maximum Gasteiger partial charge on any atom is 0.147 e. The highest BCUT2D eigenvalue weighted by Gasteiger charge is 2.32. The van der Waals surface area contributed by atoms with Crippen LogP contribution in [0.25, 0.3) is 0 Å². The minimum absolute atomic E-state index is 0.270. The van der Waals surface area contributed by atoms with Crippen molar-refractivity contribution in [3.8, 4) is 5.75 Å². The molecule has 2 aromatic heterocycles. The number of nitrogens with two attached hydrogens (primary N) is 1. The highest BCUT2D eigenvalue weighted by atomic mass is 16.5. The normalized spacial score (nSPS) is 24.4. The third-order valence-corrected chi connectivity index (χ3v) is 5.55. The largest absolute Gasteiger partial charge is 0.489 e. The van der Waals surface area contributed by atoms with Gasteiger partial charge in [0.15, 0.2) is 0 Å². The number of likely N-dealkylation sites (tertiary alicyclic amines) is 1. The second-order valence-electron chi connectivity index (χ2n) is 7.43. The van der Waals surface area contributed by atoms with Gasteiger partial charge in [-0.05, 0) is 44.7 Å². The summed E-state index contributed by atoms with van der Waals surface area (Å²) in [5.41, 5.74) is 5.94. The molecule has 0 amide bonds. The van der Waals surface area contributed by atoms with Crippen molar-refractivity contribution in [2.24, 2.45) is 5.73 Å². The quantitative estimate of drug-likeness (QED) is 0.852. The summed E-state index contributed by atoms with van der Waals surface area (Å²) < 4.78 is 8.32. The van der Waals surface area contributed by atoms with E-state index in [0.29, 0.717) is 12.0 Å². The second-order valence-corrected chi connectivity index (χ2v) is 7.43. The number of piperidine rings is 1. The van der Waals surface area contributed by atoms with Crippen LogP contribution in [0.15, 0.2) is 24.5 Å². The molecule has 1 saturated carbocycles. The lowest BCUT2D eigenvalue weighted by Crippen LogP contribution is -2.38. The smallest absolute Gasteiger partial charge is 0.147 e. The maximum absolute atomic E-state index is 6.03. The second kappa shape index (κ2) is 7.72. The molecule has 3 heterocycles. The zero-order valence-corrected chi connectivity index (χ0v) is 15.4. The Morgan fingerprint density at radius 2 is 2.04 bits per heavy atom. The Hall–Kier alpha value is -1.99. The van der Waals surface area contributed by atoms with Gasteiger partial charge < -0.3 is 15.0 Å². The molecule has 2 fully saturated rings. The number of ether oxygens (including phenoxy) is 1. The minimum atomic E-state index is 0.270. The first-order valence-electron chi connectivity index (χ1n) is 9.69. The number of pyridine rings is 1. The molecular formula is C19H28N6O. The van der Waals surface area contributed by atoms with Crippen LogP contribution in [-0.2, 0) is 13.1 Å². The summed E-state index contributed by atoms with van der Waals surface area (Å²) in [6, 6.07) is 4.22. The molecule has 0 radical (unpaired) electrons. The molecule has 1 aliphatic carbocycles. The van der Waals surface area contributed by atoms with Gasteiger partial charge in [-0.15, -0.1) is 10.2 Å². The van der Waals surface area contributed by atoms with Crippen LogP contribution >= 0.6 is 0 Å². The van der Waals surface area contributed by atoms with E-state index >= 15 is 0 Å². The van der Waals surface area contributed by atoms with Gasteiger partial charge in [-0.2, -0.15) is 0 Å². The number of hydrogen-bond acceptors (Lipinski definition) is 6. The van der Waals surface area contributed by atoms with E-state index < -0.39 is 0 Å². The van der Waals surface area contributed by atoms with Crippen LogP contribution in [0.1, 0.15) is 50.2 Å². The first-order chi connectivity index (χ1) is 12.7. The first kappa shape index (κ1) is 17.4. The van der Waals surface area contributed by atoms with Gasteiger partial charge in [0.25, 0.3) is 0 Å². The van der Waals surface area contributed by atoms with Crippen LogP contribution < -0.4 is 10.5 Å². The predicted molar refractivity (Wildman–Crippen MR) is 98.8 cm³/mol. The molecule has 1 saturated heterocycles. The van der Waals surface area contributed by atoms with E-state index in [2.05, 4.69) is 31.6 Å². The molecule has 2 aliphatic rings. The molecule has 26 heavy (non-hydrogen) atoms. The van der Waals surface area contributed by atoms with Crippen LogP contribution in [0.3, 0.4) is 0 Å². The summed E-state index contributed by atoms with van der Waals surface area (Å²) in [7, 11) is 0. The van der Waals surface area contributed by atoms with Crippen LogP contribution in [0, 0.1) is 0 Å². The van der Waals surface area contributed by atoms with Crippen molar-refractivity contribution < 1.29 is 4.74 Å². The fraction of sp³-hybridized carbons (Fsp3) is 0.632. The van der Waals surface area contributed by atoms with Crippen LogP contribution in [0.4, 0.5) is 0 Å². The zero-order valence-electron chi connectivity index (χ0n) is 15.4. The number of rotatable bonds is 6. The van der Waals surface area contributed by atoms with Crippen LogP contribution in [0.5, 0.6) is 5.75 Å². The lowest BCUT2D eigenvalue weighted by Gasteiger charge is -2.33. The van der Waals surface area contributed by atoms with Crippen molar-refractivity contribution in [3.05, 3.63) is 36.2 Å².